The molecular formula is C20H23FN2O4S. The van der Waals surface area contributed by atoms with E-state index in [1.54, 1.807) is 25.1 Å². The van der Waals surface area contributed by atoms with Gasteiger partial charge in [-0.1, -0.05) is 18.2 Å². The highest BCUT2D eigenvalue weighted by Gasteiger charge is 2.27. The van der Waals surface area contributed by atoms with Crippen molar-refractivity contribution in [3.63, 3.8) is 0 Å². The molecule has 1 saturated heterocycles. The molecule has 2 aromatic carbocycles. The molecule has 1 aliphatic heterocycles. The molecule has 0 aliphatic carbocycles. The molecule has 1 aliphatic rings. The van der Waals surface area contributed by atoms with Gasteiger partial charge in [-0.3, -0.25) is 4.79 Å². The maximum absolute atomic E-state index is 12.9. The van der Waals surface area contributed by atoms with E-state index >= 15 is 0 Å². The third-order valence-electron chi connectivity index (χ3n) is 4.67. The van der Waals surface area contributed by atoms with Crippen molar-refractivity contribution >= 4 is 15.9 Å². The van der Waals surface area contributed by atoms with Gasteiger partial charge in [-0.2, -0.15) is 4.31 Å². The van der Waals surface area contributed by atoms with Crippen LogP contribution < -0.4 is 5.32 Å². The quantitative estimate of drug-likeness (QED) is 0.798. The molecule has 0 bridgehead atoms. The molecule has 0 aromatic heterocycles. The van der Waals surface area contributed by atoms with Crippen molar-refractivity contribution in [2.45, 2.75) is 18.2 Å². The minimum atomic E-state index is -3.66. The standard InChI is InChI=1S/C20H23FN2O4S/c1-15-2-7-18(28(25,26)23-10-12-27-13-11-23)14-19(15)20(24)22-9-8-16-3-5-17(21)6-4-16/h2-7,14H,8-13H2,1H3,(H,22,24). The summed E-state index contributed by atoms with van der Waals surface area (Å²) < 4.78 is 45.1. The summed E-state index contributed by atoms with van der Waals surface area (Å²) in [6.07, 6.45) is 0.552. The maximum Gasteiger partial charge on any atom is 0.251 e. The Morgan fingerprint density at radius 3 is 2.50 bits per heavy atom. The van der Waals surface area contributed by atoms with Crippen LogP contribution in [0.3, 0.4) is 0 Å². The Balaban J connectivity index is 1.69. The number of amides is 1. The van der Waals surface area contributed by atoms with E-state index in [-0.39, 0.29) is 16.6 Å². The first-order valence-corrected chi connectivity index (χ1v) is 10.5. The van der Waals surface area contributed by atoms with Gasteiger partial charge in [0, 0.05) is 25.2 Å². The summed E-state index contributed by atoms with van der Waals surface area (Å²) in [4.78, 5) is 12.7. The van der Waals surface area contributed by atoms with E-state index in [0.29, 0.717) is 50.4 Å². The van der Waals surface area contributed by atoms with Gasteiger partial charge in [-0.05, 0) is 48.7 Å². The number of hydrogen-bond acceptors (Lipinski definition) is 4. The average molecular weight is 406 g/mol. The van der Waals surface area contributed by atoms with E-state index in [4.69, 9.17) is 4.74 Å². The summed E-state index contributed by atoms with van der Waals surface area (Å²) in [5.41, 5.74) is 1.93. The summed E-state index contributed by atoms with van der Waals surface area (Å²) in [7, 11) is -3.66. The van der Waals surface area contributed by atoms with E-state index in [1.807, 2.05) is 0 Å². The second-order valence-corrected chi connectivity index (χ2v) is 8.56. The lowest BCUT2D eigenvalue weighted by Crippen LogP contribution is -2.40. The predicted molar refractivity (Wildman–Crippen MR) is 103 cm³/mol. The van der Waals surface area contributed by atoms with Gasteiger partial charge in [0.05, 0.1) is 18.1 Å². The smallest absolute Gasteiger partial charge is 0.251 e. The fourth-order valence-corrected chi connectivity index (χ4v) is 4.44. The SMILES string of the molecule is Cc1ccc(S(=O)(=O)N2CCOCC2)cc1C(=O)NCCc1ccc(F)cc1. The molecule has 0 radical (unpaired) electrons. The zero-order valence-corrected chi connectivity index (χ0v) is 16.5. The minimum Gasteiger partial charge on any atom is -0.379 e. The number of sulfonamides is 1. The summed E-state index contributed by atoms with van der Waals surface area (Å²) in [5, 5.41) is 2.80. The topological polar surface area (TPSA) is 75.7 Å². The molecule has 1 heterocycles. The van der Waals surface area contributed by atoms with Gasteiger partial charge in [0.1, 0.15) is 5.82 Å². The largest absolute Gasteiger partial charge is 0.379 e. The summed E-state index contributed by atoms with van der Waals surface area (Å²) in [6, 6.07) is 10.7. The molecule has 0 atom stereocenters. The third kappa shape index (κ3) is 4.76. The van der Waals surface area contributed by atoms with Crippen LogP contribution in [0.15, 0.2) is 47.4 Å². The van der Waals surface area contributed by atoms with Crippen LogP contribution in [0.25, 0.3) is 0 Å². The van der Waals surface area contributed by atoms with Crippen LogP contribution in [0.2, 0.25) is 0 Å². The van der Waals surface area contributed by atoms with E-state index in [2.05, 4.69) is 5.32 Å². The highest BCUT2D eigenvalue weighted by molar-refractivity contribution is 7.89. The van der Waals surface area contributed by atoms with Crippen molar-refractivity contribution in [2.75, 3.05) is 32.8 Å². The van der Waals surface area contributed by atoms with Gasteiger partial charge in [0.2, 0.25) is 10.0 Å². The Bertz CT molecular complexity index is 939. The number of halogens is 1. The van der Waals surface area contributed by atoms with Crippen molar-refractivity contribution in [3.8, 4) is 0 Å². The maximum atomic E-state index is 12.9. The second-order valence-electron chi connectivity index (χ2n) is 6.63. The monoisotopic (exact) mass is 406 g/mol. The Hall–Kier alpha value is -2.29. The van der Waals surface area contributed by atoms with Gasteiger partial charge in [-0.15, -0.1) is 0 Å². The molecule has 1 fully saturated rings. The Morgan fingerprint density at radius 1 is 1.14 bits per heavy atom. The summed E-state index contributed by atoms with van der Waals surface area (Å²) in [5.74, 6) is -0.639. The fourth-order valence-electron chi connectivity index (χ4n) is 3.01. The number of rotatable bonds is 6. The molecule has 0 unspecified atom stereocenters. The van der Waals surface area contributed by atoms with Gasteiger partial charge in [-0.25, -0.2) is 12.8 Å². The van der Waals surface area contributed by atoms with Crippen molar-refractivity contribution < 1.29 is 22.3 Å². The molecule has 28 heavy (non-hydrogen) atoms. The number of carbonyl (C=O) groups is 1. The second kappa shape index (κ2) is 8.81. The minimum absolute atomic E-state index is 0.101. The van der Waals surface area contributed by atoms with E-state index in [1.165, 1.54) is 28.6 Å². The van der Waals surface area contributed by atoms with Crippen LogP contribution >= 0.6 is 0 Å². The number of morpholine rings is 1. The van der Waals surface area contributed by atoms with Crippen LogP contribution in [0.1, 0.15) is 21.5 Å². The first kappa shape index (κ1) is 20.4. The van der Waals surface area contributed by atoms with Crippen molar-refractivity contribution in [2.24, 2.45) is 0 Å². The van der Waals surface area contributed by atoms with E-state index in [0.717, 1.165) is 5.56 Å². The molecule has 6 nitrogen and oxygen atoms in total. The van der Waals surface area contributed by atoms with Crippen molar-refractivity contribution in [1.29, 1.82) is 0 Å². The van der Waals surface area contributed by atoms with Crippen LogP contribution in [0.4, 0.5) is 4.39 Å². The number of aryl methyl sites for hydroxylation is 1. The Kier molecular flexibility index (Phi) is 6.43. The molecule has 1 amide bonds. The normalized spacial score (nSPS) is 15.4. The molecule has 3 rings (SSSR count). The van der Waals surface area contributed by atoms with Gasteiger partial charge >= 0.3 is 0 Å². The van der Waals surface area contributed by atoms with Gasteiger partial charge in [0.15, 0.2) is 0 Å². The average Bonchev–Trinajstić information content (AvgIpc) is 2.70. The summed E-state index contributed by atoms with van der Waals surface area (Å²) >= 11 is 0. The number of carbonyl (C=O) groups excluding carboxylic acids is 1. The molecular weight excluding hydrogens is 383 g/mol. The highest BCUT2D eigenvalue weighted by atomic mass is 32.2. The number of nitrogens with zero attached hydrogens (tertiary/aromatic N) is 1. The molecule has 0 spiro atoms. The fraction of sp³-hybridized carbons (Fsp3) is 0.350. The lowest BCUT2D eigenvalue weighted by atomic mass is 10.1. The van der Waals surface area contributed by atoms with Crippen LogP contribution in [-0.4, -0.2) is 51.5 Å². The zero-order chi connectivity index (χ0) is 20.1. The van der Waals surface area contributed by atoms with Crippen LogP contribution in [-0.2, 0) is 21.2 Å². The van der Waals surface area contributed by atoms with E-state index in [9.17, 15) is 17.6 Å². The number of nitrogens with one attached hydrogen (secondary N) is 1. The van der Waals surface area contributed by atoms with E-state index < -0.39 is 10.0 Å². The highest BCUT2D eigenvalue weighted by Crippen LogP contribution is 2.20. The van der Waals surface area contributed by atoms with Crippen LogP contribution in [0, 0.1) is 12.7 Å². The molecule has 8 heteroatoms. The molecule has 2 aromatic rings. The third-order valence-corrected chi connectivity index (χ3v) is 6.57. The lowest BCUT2D eigenvalue weighted by Gasteiger charge is -2.26. The molecule has 1 N–H and O–H groups in total. The number of hydrogen-bond donors (Lipinski definition) is 1. The number of benzene rings is 2. The van der Waals surface area contributed by atoms with Crippen molar-refractivity contribution in [1.82, 2.24) is 9.62 Å². The summed E-state index contributed by atoms with van der Waals surface area (Å²) in [6.45, 7) is 3.46. The Morgan fingerprint density at radius 2 is 1.82 bits per heavy atom. The molecule has 150 valence electrons. The van der Waals surface area contributed by atoms with Crippen molar-refractivity contribution in [3.05, 3.63) is 65.0 Å². The Labute approximate surface area is 164 Å². The number of ether oxygens (including phenoxy) is 1. The first-order valence-electron chi connectivity index (χ1n) is 9.09. The first-order chi connectivity index (χ1) is 13.4. The van der Waals surface area contributed by atoms with Gasteiger partial charge < -0.3 is 10.1 Å². The molecule has 0 saturated carbocycles. The zero-order valence-electron chi connectivity index (χ0n) is 15.7. The van der Waals surface area contributed by atoms with Gasteiger partial charge in [0.25, 0.3) is 5.91 Å². The lowest BCUT2D eigenvalue weighted by molar-refractivity contribution is 0.0730. The predicted octanol–water partition coefficient (Wildman–Crippen LogP) is 2.13. The van der Waals surface area contributed by atoms with Crippen LogP contribution in [0.5, 0.6) is 0 Å².